The summed E-state index contributed by atoms with van der Waals surface area (Å²) in [6, 6.07) is 15.8. The van der Waals surface area contributed by atoms with Crippen LogP contribution in [0.1, 0.15) is 64.7 Å². The summed E-state index contributed by atoms with van der Waals surface area (Å²) >= 11 is 0. The molecule has 0 aliphatic rings. The van der Waals surface area contributed by atoms with Crippen molar-refractivity contribution in [3.05, 3.63) is 61.2 Å². The van der Waals surface area contributed by atoms with Gasteiger partial charge in [-0.25, -0.2) is 0 Å². The molecule has 4 nitrogen and oxygen atoms in total. The Kier molecular flexibility index (Phi) is 12.9. The van der Waals surface area contributed by atoms with Crippen molar-refractivity contribution >= 4 is 5.97 Å². The Balaban J connectivity index is 1.62. The predicted octanol–water partition coefficient (Wildman–Crippen LogP) is 7.37. The average Bonchev–Trinajstić information content (AvgIpc) is 2.82. The molecule has 0 bridgehead atoms. The lowest BCUT2D eigenvalue weighted by atomic mass is 10.1. The van der Waals surface area contributed by atoms with E-state index < -0.39 is 0 Å². The summed E-state index contributed by atoms with van der Waals surface area (Å²) in [5.41, 5.74) is 2.19. The summed E-state index contributed by atoms with van der Waals surface area (Å²) in [5.74, 6) is 1.32. The summed E-state index contributed by atoms with van der Waals surface area (Å²) < 4.78 is 16.6. The smallest absolute Gasteiger partial charge is 0.311 e. The quantitative estimate of drug-likeness (QED) is 0.112. The van der Waals surface area contributed by atoms with E-state index >= 15 is 0 Å². The lowest BCUT2D eigenvalue weighted by Gasteiger charge is -2.08. The molecule has 0 N–H and O–H groups in total. The molecule has 0 aromatic heterocycles. The van der Waals surface area contributed by atoms with Crippen LogP contribution in [0.4, 0.5) is 0 Å². The molecule has 4 heteroatoms. The van der Waals surface area contributed by atoms with Crippen LogP contribution in [0.3, 0.4) is 0 Å². The Hall–Kier alpha value is -2.59. The number of rotatable bonds is 17. The molecule has 32 heavy (non-hydrogen) atoms. The molecule has 0 aliphatic heterocycles. The van der Waals surface area contributed by atoms with E-state index in [9.17, 15) is 4.79 Å². The van der Waals surface area contributed by atoms with Crippen LogP contribution in [0.25, 0.3) is 11.1 Å². The van der Waals surface area contributed by atoms with E-state index in [0.717, 1.165) is 55.8 Å². The Morgan fingerprint density at radius 1 is 0.781 bits per heavy atom. The second-order valence-electron chi connectivity index (χ2n) is 7.96. The van der Waals surface area contributed by atoms with Gasteiger partial charge in [-0.2, -0.15) is 0 Å². The highest BCUT2D eigenvalue weighted by molar-refractivity contribution is 5.73. The molecule has 0 aliphatic carbocycles. The molecule has 2 rings (SSSR count). The molecular formula is C28H38O4. The Labute approximate surface area is 193 Å². The van der Waals surface area contributed by atoms with Gasteiger partial charge >= 0.3 is 5.97 Å². The van der Waals surface area contributed by atoms with Crippen LogP contribution < -0.4 is 9.47 Å². The maximum Gasteiger partial charge on any atom is 0.311 e. The third-order valence-corrected chi connectivity index (χ3v) is 5.20. The number of ether oxygens (including phenoxy) is 3. The number of hydrogen-bond donors (Lipinski definition) is 0. The van der Waals surface area contributed by atoms with Gasteiger partial charge in [0, 0.05) is 13.0 Å². The molecule has 174 valence electrons. The summed E-state index contributed by atoms with van der Waals surface area (Å²) in [5, 5.41) is 0. The first-order valence-corrected chi connectivity index (χ1v) is 12.0. The van der Waals surface area contributed by atoms with Gasteiger partial charge in [0.2, 0.25) is 0 Å². The summed E-state index contributed by atoms with van der Waals surface area (Å²) in [6.07, 6.45) is 11.2. The summed E-state index contributed by atoms with van der Waals surface area (Å²) in [7, 11) is 0. The summed E-state index contributed by atoms with van der Waals surface area (Å²) in [4.78, 5) is 11.7. The van der Waals surface area contributed by atoms with Crippen molar-refractivity contribution in [3.63, 3.8) is 0 Å². The third kappa shape index (κ3) is 10.6. The largest absolute Gasteiger partial charge is 0.494 e. The van der Waals surface area contributed by atoms with E-state index in [2.05, 4.69) is 25.6 Å². The number of hydrogen-bond acceptors (Lipinski definition) is 4. The molecule has 0 heterocycles. The van der Waals surface area contributed by atoms with Gasteiger partial charge in [0.1, 0.15) is 11.5 Å². The lowest BCUT2D eigenvalue weighted by molar-refractivity contribution is -0.134. The Morgan fingerprint density at radius 2 is 1.34 bits per heavy atom. The molecule has 2 aromatic rings. The minimum Gasteiger partial charge on any atom is -0.494 e. The number of unbranched alkanes of at least 4 members (excludes halogenated alkanes) is 6. The standard InChI is InChI=1S/C28H38O4/c1-3-5-12-28(29)32-27-19-15-25(16-20-27)24-13-17-26(18-14-24)31-23-11-9-7-6-8-10-22-30-21-4-2/h4,13-20H,2-3,5-12,21-23H2,1H3. The van der Waals surface area contributed by atoms with Gasteiger partial charge in [-0.3, -0.25) is 4.79 Å². The van der Waals surface area contributed by atoms with E-state index in [-0.39, 0.29) is 5.97 Å². The first kappa shape index (κ1) is 25.7. The van der Waals surface area contributed by atoms with Crippen molar-refractivity contribution in [3.8, 4) is 22.6 Å². The third-order valence-electron chi connectivity index (χ3n) is 5.20. The molecule has 0 atom stereocenters. The molecule has 0 saturated carbocycles. The predicted molar refractivity (Wildman–Crippen MR) is 131 cm³/mol. The number of benzene rings is 2. The van der Waals surface area contributed by atoms with Crippen LogP contribution in [0.5, 0.6) is 11.5 Å². The van der Waals surface area contributed by atoms with Gasteiger partial charge < -0.3 is 14.2 Å². The van der Waals surface area contributed by atoms with Crippen molar-refractivity contribution in [1.82, 2.24) is 0 Å². The lowest BCUT2D eigenvalue weighted by Crippen LogP contribution is -2.07. The highest BCUT2D eigenvalue weighted by atomic mass is 16.5. The molecule has 0 spiro atoms. The van der Waals surface area contributed by atoms with Gasteiger partial charge in [-0.15, -0.1) is 6.58 Å². The number of carbonyl (C=O) groups is 1. The number of esters is 1. The SMILES string of the molecule is C=CCOCCCCCCCCOc1ccc(-c2ccc(OC(=O)CCCC)cc2)cc1. The summed E-state index contributed by atoms with van der Waals surface area (Å²) in [6.45, 7) is 7.94. The topological polar surface area (TPSA) is 44.8 Å². The van der Waals surface area contributed by atoms with Crippen molar-refractivity contribution < 1.29 is 19.0 Å². The Bertz CT molecular complexity index is 765. The first-order valence-electron chi connectivity index (χ1n) is 12.0. The fraction of sp³-hybridized carbons (Fsp3) is 0.464. The van der Waals surface area contributed by atoms with Gasteiger partial charge in [-0.05, 0) is 54.7 Å². The van der Waals surface area contributed by atoms with Crippen molar-refractivity contribution in [2.45, 2.75) is 64.7 Å². The van der Waals surface area contributed by atoms with Crippen LogP contribution in [0.2, 0.25) is 0 Å². The molecule has 0 fully saturated rings. The van der Waals surface area contributed by atoms with Gasteiger partial charge in [0.05, 0.1) is 13.2 Å². The van der Waals surface area contributed by atoms with Crippen LogP contribution in [0.15, 0.2) is 61.2 Å². The normalized spacial score (nSPS) is 10.7. The zero-order valence-corrected chi connectivity index (χ0v) is 19.5. The molecule has 0 unspecified atom stereocenters. The van der Waals surface area contributed by atoms with Crippen LogP contribution in [0, 0.1) is 0 Å². The molecule has 0 amide bonds. The Morgan fingerprint density at radius 3 is 1.94 bits per heavy atom. The van der Waals surface area contributed by atoms with E-state index in [1.807, 2.05) is 36.4 Å². The molecule has 0 saturated heterocycles. The maximum absolute atomic E-state index is 11.7. The van der Waals surface area contributed by atoms with Crippen molar-refractivity contribution in [2.24, 2.45) is 0 Å². The average molecular weight is 439 g/mol. The zero-order chi connectivity index (χ0) is 22.9. The van der Waals surface area contributed by atoms with Gasteiger partial charge in [0.15, 0.2) is 0 Å². The first-order chi connectivity index (χ1) is 15.7. The van der Waals surface area contributed by atoms with E-state index in [4.69, 9.17) is 14.2 Å². The van der Waals surface area contributed by atoms with Crippen LogP contribution in [-0.4, -0.2) is 25.8 Å². The minimum absolute atomic E-state index is 0.171. The highest BCUT2D eigenvalue weighted by Crippen LogP contribution is 2.25. The van der Waals surface area contributed by atoms with Crippen molar-refractivity contribution in [1.29, 1.82) is 0 Å². The fourth-order valence-electron chi connectivity index (χ4n) is 3.33. The molecule has 2 aromatic carbocycles. The molecular weight excluding hydrogens is 400 g/mol. The highest BCUT2D eigenvalue weighted by Gasteiger charge is 2.05. The van der Waals surface area contributed by atoms with E-state index in [0.29, 0.717) is 18.8 Å². The van der Waals surface area contributed by atoms with E-state index in [1.54, 1.807) is 6.08 Å². The second kappa shape index (κ2) is 16.1. The van der Waals surface area contributed by atoms with Gasteiger partial charge in [0.25, 0.3) is 0 Å². The minimum atomic E-state index is -0.171. The second-order valence-corrected chi connectivity index (χ2v) is 7.96. The molecule has 0 radical (unpaired) electrons. The zero-order valence-electron chi connectivity index (χ0n) is 19.5. The fourth-order valence-corrected chi connectivity index (χ4v) is 3.33. The van der Waals surface area contributed by atoms with Crippen LogP contribution in [-0.2, 0) is 9.53 Å². The number of carbonyl (C=O) groups excluding carboxylic acids is 1. The van der Waals surface area contributed by atoms with E-state index in [1.165, 1.54) is 25.7 Å². The monoisotopic (exact) mass is 438 g/mol. The van der Waals surface area contributed by atoms with Crippen molar-refractivity contribution in [2.75, 3.05) is 19.8 Å². The van der Waals surface area contributed by atoms with Crippen LogP contribution >= 0.6 is 0 Å². The van der Waals surface area contributed by atoms with Gasteiger partial charge in [-0.1, -0.05) is 69.4 Å². The maximum atomic E-state index is 11.7.